The van der Waals surface area contributed by atoms with Gasteiger partial charge in [0.15, 0.2) is 0 Å². The predicted octanol–water partition coefficient (Wildman–Crippen LogP) is 2.99. The number of carbonyl (C=O) groups excluding carboxylic acids is 1. The van der Waals surface area contributed by atoms with Crippen molar-refractivity contribution < 1.29 is 9.21 Å². The Morgan fingerprint density at radius 3 is 2.95 bits per heavy atom. The number of nitrogens with one attached hydrogen (secondary N) is 1. The summed E-state index contributed by atoms with van der Waals surface area (Å²) in [5, 5.41) is 3.45. The number of aryl methyl sites for hydroxylation is 2. The van der Waals surface area contributed by atoms with E-state index in [1.807, 2.05) is 26.0 Å². The van der Waals surface area contributed by atoms with E-state index in [2.05, 4.69) is 10.3 Å². The molecule has 0 radical (unpaired) electrons. The number of nitrogen functional groups attached to an aromatic ring is 1. The molecule has 0 aliphatic carbocycles. The van der Waals surface area contributed by atoms with Gasteiger partial charge >= 0.3 is 0 Å². The molecule has 0 bridgehead atoms. The molecular formula is C14H17N3O2S. The Bertz CT molecular complexity index is 610. The Morgan fingerprint density at radius 2 is 2.25 bits per heavy atom. The van der Waals surface area contributed by atoms with E-state index < -0.39 is 0 Å². The minimum atomic E-state index is -0.0468. The average molecular weight is 291 g/mol. The topological polar surface area (TPSA) is 81.2 Å². The van der Waals surface area contributed by atoms with Crippen molar-refractivity contribution in [3.05, 3.63) is 35.7 Å². The van der Waals surface area contributed by atoms with Crippen molar-refractivity contribution >= 4 is 29.0 Å². The van der Waals surface area contributed by atoms with Crippen LogP contribution in [0.15, 0.2) is 34.1 Å². The van der Waals surface area contributed by atoms with Crippen LogP contribution in [0.3, 0.4) is 0 Å². The number of carbonyl (C=O) groups is 1. The van der Waals surface area contributed by atoms with Crippen LogP contribution in [-0.2, 0) is 4.79 Å². The van der Waals surface area contributed by atoms with Crippen LogP contribution in [0.5, 0.6) is 0 Å². The number of hydrogen-bond donors (Lipinski definition) is 2. The molecule has 0 unspecified atom stereocenters. The molecule has 3 N–H and O–H groups in total. The van der Waals surface area contributed by atoms with Crippen LogP contribution < -0.4 is 11.1 Å². The van der Waals surface area contributed by atoms with Crippen molar-refractivity contribution in [2.45, 2.75) is 25.5 Å². The largest absolute Gasteiger partial charge is 0.440 e. The molecule has 0 fully saturated rings. The number of aromatic nitrogens is 1. The fourth-order valence-corrected chi connectivity index (χ4v) is 2.40. The Morgan fingerprint density at radius 1 is 1.45 bits per heavy atom. The van der Waals surface area contributed by atoms with Gasteiger partial charge in [0.25, 0.3) is 5.22 Å². The highest BCUT2D eigenvalue weighted by atomic mass is 32.2. The Labute approximate surface area is 122 Å². The average Bonchev–Trinajstić information content (AvgIpc) is 2.80. The predicted molar refractivity (Wildman–Crippen MR) is 80.8 cm³/mol. The highest BCUT2D eigenvalue weighted by Gasteiger charge is 2.07. The zero-order valence-corrected chi connectivity index (χ0v) is 12.3. The number of benzene rings is 1. The summed E-state index contributed by atoms with van der Waals surface area (Å²) in [5.74, 6) is 0.571. The number of anilines is 2. The summed E-state index contributed by atoms with van der Waals surface area (Å²) in [7, 11) is 0. The van der Waals surface area contributed by atoms with Gasteiger partial charge in [-0.25, -0.2) is 4.98 Å². The van der Waals surface area contributed by atoms with Gasteiger partial charge in [-0.15, -0.1) is 0 Å². The summed E-state index contributed by atoms with van der Waals surface area (Å²) >= 11 is 1.42. The number of nitrogens with two attached hydrogens (primary N) is 1. The lowest BCUT2D eigenvalue weighted by Crippen LogP contribution is -2.13. The first-order valence-corrected chi connectivity index (χ1v) is 7.24. The summed E-state index contributed by atoms with van der Waals surface area (Å²) in [5.41, 5.74) is 8.93. The molecule has 1 heterocycles. The molecule has 20 heavy (non-hydrogen) atoms. The van der Waals surface area contributed by atoms with Crippen LogP contribution in [0.4, 0.5) is 11.4 Å². The van der Waals surface area contributed by atoms with Gasteiger partial charge in [0.1, 0.15) is 6.26 Å². The molecule has 0 atom stereocenters. The SMILES string of the molecule is Cc1coc(SCCC(=O)Nc2cc(N)ccc2C)n1. The van der Waals surface area contributed by atoms with Crippen molar-refractivity contribution in [1.29, 1.82) is 0 Å². The van der Waals surface area contributed by atoms with Crippen LogP contribution in [0, 0.1) is 13.8 Å². The highest BCUT2D eigenvalue weighted by Crippen LogP contribution is 2.20. The van der Waals surface area contributed by atoms with Gasteiger partial charge in [-0.1, -0.05) is 17.8 Å². The number of hydrogen-bond acceptors (Lipinski definition) is 5. The molecule has 0 saturated carbocycles. The first-order valence-electron chi connectivity index (χ1n) is 6.25. The van der Waals surface area contributed by atoms with Gasteiger partial charge in [0, 0.05) is 23.5 Å². The van der Waals surface area contributed by atoms with Crippen molar-refractivity contribution in [3.63, 3.8) is 0 Å². The second kappa shape index (κ2) is 6.47. The fraction of sp³-hybridized carbons (Fsp3) is 0.286. The summed E-state index contributed by atoms with van der Waals surface area (Å²) < 4.78 is 5.20. The molecule has 106 valence electrons. The van der Waals surface area contributed by atoms with Crippen LogP contribution in [0.1, 0.15) is 17.7 Å². The molecule has 2 aromatic rings. The quantitative estimate of drug-likeness (QED) is 0.654. The molecule has 1 aromatic carbocycles. The molecule has 1 aromatic heterocycles. The monoisotopic (exact) mass is 291 g/mol. The van der Waals surface area contributed by atoms with Crippen molar-refractivity contribution in [3.8, 4) is 0 Å². The van der Waals surface area contributed by atoms with Crippen molar-refractivity contribution in [2.75, 3.05) is 16.8 Å². The number of oxazole rings is 1. The zero-order chi connectivity index (χ0) is 14.5. The molecular weight excluding hydrogens is 274 g/mol. The third kappa shape index (κ3) is 4.03. The van der Waals surface area contributed by atoms with E-state index >= 15 is 0 Å². The third-order valence-corrected chi connectivity index (χ3v) is 3.53. The van der Waals surface area contributed by atoms with Crippen LogP contribution >= 0.6 is 11.8 Å². The lowest BCUT2D eigenvalue weighted by Gasteiger charge is -2.08. The molecule has 2 rings (SSSR count). The second-order valence-corrected chi connectivity index (χ2v) is 5.52. The van der Waals surface area contributed by atoms with E-state index in [9.17, 15) is 4.79 Å². The van der Waals surface area contributed by atoms with E-state index in [0.717, 1.165) is 16.9 Å². The first-order chi connectivity index (χ1) is 9.54. The number of thioether (sulfide) groups is 1. The normalized spacial score (nSPS) is 10.5. The summed E-state index contributed by atoms with van der Waals surface area (Å²) in [6, 6.07) is 5.46. The van der Waals surface area contributed by atoms with Crippen LogP contribution in [0.2, 0.25) is 0 Å². The van der Waals surface area contributed by atoms with E-state index in [1.54, 1.807) is 12.3 Å². The summed E-state index contributed by atoms with van der Waals surface area (Å²) in [6.45, 7) is 3.79. The molecule has 5 nitrogen and oxygen atoms in total. The smallest absolute Gasteiger partial charge is 0.255 e. The van der Waals surface area contributed by atoms with E-state index in [1.165, 1.54) is 11.8 Å². The highest BCUT2D eigenvalue weighted by molar-refractivity contribution is 7.99. The van der Waals surface area contributed by atoms with Crippen LogP contribution in [0.25, 0.3) is 0 Å². The van der Waals surface area contributed by atoms with Gasteiger partial charge in [-0.3, -0.25) is 4.79 Å². The molecule has 0 aliphatic rings. The maximum atomic E-state index is 11.9. The Hall–Kier alpha value is -1.95. The van der Waals surface area contributed by atoms with E-state index in [0.29, 0.717) is 23.1 Å². The molecule has 6 heteroatoms. The van der Waals surface area contributed by atoms with Gasteiger partial charge in [0.2, 0.25) is 5.91 Å². The van der Waals surface area contributed by atoms with Gasteiger partial charge in [0.05, 0.1) is 5.69 Å². The van der Waals surface area contributed by atoms with Gasteiger partial charge in [-0.2, -0.15) is 0 Å². The van der Waals surface area contributed by atoms with E-state index in [-0.39, 0.29) is 5.91 Å². The molecule has 0 aliphatic heterocycles. The summed E-state index contributed by atoms with van der Waals surface area (Å²) in [4.78, 5) is 16.0. The first kappa shape index (κ1) is 14.5. The standard InChI is InChI=1S/C14H17N3O2S/c1-9-3-4-11(15)7-12(9)17-13(18)5-6-20-14-16-10(2)8-19-14/h3-4,7-8H,5-6,15H2,1-2H3,(H,17,18). The molecule has 0 saturated heterocycles. The number of amides is 1. The lowest BCUT2D eigenvalue weighted by molar-refractivity contribution is -0.115. The fourth-order valence-electron chi connectivity index (χ4n) is 1.62. The Balaban J connectivity index is 1.82. The molecule has 0 spiro atoms. The second-order valence-electron chi connectivity index (χ2n) is 4.48. The van der Waals surface area contributed by atoms with Crippen LogP contribution in [-0.4, -0.2) is 16.6 Å². The maximum absolute atomic E-state index is 11.9. The summed E-state index contributed by atoms with van der Waals surface area (Å²) in [6.07, 6.45) is 1.98. The third-order valence-electron chi connectivity index (χ3n) is 2.69. The van der Waals surface area contributed by atoms with Gasteiger partial charge in [-0.05, 0) is 31.5 Å². The Kier molecular flexibility index (Phi) is 4.68. The van der Waals surface area contributed by atoms with Gasteiger partial charge < -0.3 is 15.5 Å². The zero-order valence-electron chi connectivity index (χ0n) is 11.5. The lowest BCUT2D eigenvalue weighted by atomic mass is 10.2. The van der Waals surface area contributed by atoms with Crippen molar-refractivity contribution in [2.24, 2.45) is 0 Å². The molecule has 1 amide bonds. The van der Waals surface area contributed by atoms with Crippen molar-refractivity contribution in [1.82, 2.24) is 4.98 Å². The minimum absolute atomic E-state index is 0.0468. The number of nitrogens with zero attached hydrogens (tertiary/aromatic N) is 1. The minimum Gasteiger partial charge on any atom is -0.440 e. The maximum Gasteiger partial charge on any atom is 0.255 e. The number of rotatable bonds is 5. The van der Waals surface area contributed by atoms with E-state index in [4.69, 9.17) is 10.2 Å².